The Morgan fingerprint density at radius 1 is 1.52 bits per heavy atom. The topological polar surface area (TPSA) is 52.1 Å². The third kappa shape index (κ3) is 3.01. The van der Waals surface area contributed by atoms with Crippen LogP contribution >= 0.6 is 27.3 Å². The van der Waals surface area contributed by atoms with E-state index in [1.54, 1.807) is 17.5 Å². The molecular weight excluding hydrogens is 352 g/mol. The number of ether oxygens (including phenoxy) is 1. The molecule has 0 aromatic carbocycles. The van der Waals surface area contributed by atoms with Gasteiger partial charge in [-0.3, -0.25) is 9.78 Å². The first-order chi connectivity index (χ1) is 10.2. The molecule has 2 aromatic rings. The average molecular weight is 367 g/mol. The minimum absolute atomic E-state index is 0.154. The Bertz CT molecular complexity index is 654. The van der Waals surface area contributed by atoms with Crippen LogP contribution in [0.1, 0.15) is 36.3 Å². The van der Waals surface area contributed by atoms with Crippen molar-refractivity contribution in [1.82, 2.24) is 9.97 Å². The van der Waals surface area contributed by atoms with Gasteiger partial charge in [0.25, 0.3) is 0 Å². The summed E-state index contributed by atoms with van der Waals surface area (Å²) < 4.78 is 6.11. The average Bonchev–Trinajstić information content (AvgIpc) is 2.92. The summed E-state index contributed by atoms with van der Waals surface area (Å²) in [5.74, 6) is -0.367. The van der Waals surface area contributed by atoms with Crippen LogP contribution in [0.2, 0.25) is 0 Å². The third-order valence-corrected chi connectivity index (χ3v) is 5.09. The van der Waals surface area contributed by atoms with E-state index >= 15 is 0 Å². The number of aromatic nitrogens is 2. The van der Waals surface area contributed by atoms with Crippen LogP contribution in [0.15, 0.2) is 22.8 Å². The van der Waals surface area contributed by atoms with Crippen LogP contribution in [0, 0.1) is 0 Å². The zero-order valence-corrected chi connectivity index (χ0v) is 14.0. The summed E-state index contributed by atoms with van der Waals surface area (Å²) in [4.78, 5) is 22.3. The summed E-state index contributed by atoms with van der Waals surface area (Å²) in [6.07, 6.45) is 4.58. The normalized spacial score (nSPS) is 17.3. The van der Waals surface area contributed by atoms with Gasteiger partial charge in [0.05, 0.1) is 18.0 Å². The van der Waals surface area contributed by atoms with Crippen LogP contribution in [-0.4, -0.2) is 22.5 Å². The summed E-state index contributed by atoms with van der Waals surface area (Å²) in [6.45, 7) is 2.25. The maximum atomic E-state index is 12.1. The van der Waals surface area contributed by atoms with Crippen LogP contribution in [0.3, 0.4) is 0 Å². The van der Waals surface area contributed by atoms with E-state index < -0.39 is 0 Å². The molecule has 110 valence electrons. The van der Waals surface area contributed by atoms with Crippen molar-refractivity contribution in [3.8, 4) is 10.7 Å². The zero-order chi connectivity index (χ0) is 14.8. The molecule has 2 heterocycles. The number of thiazole rings is 1. The third-order valence-electron chi connectivity index (χ3n) is 3.47. The number of fused-ring (bicyclic) bond motifs is 1. The molecule has 21 heavy (non-hydrogen) atoms. The second kappa shape index (κ2) is 6.23. The first-order valence-corrected chi connectivity index (χ1v) is 8.58. The van der Waals surface area contributed by atoms with E-state index in [0.29, 0.717) is 6.61 Å². The molecule has 1 atom stereocenters. The van der Waals surface area contributed by atoms with Gasteiger partial charge in [-0.05, 0) is 54.2 Å². The second-order valence-corrected chi connectivity index (χ2v) is 6.89. The molecule has 1 unspecified atom stereocenters. The lowest BCUT2D eigenvalue weighted by Gasteiger charge is -2.19. The van der Waals surface area contributed by atoms with Gasteiger partial charge in [0, 0.05) is 15.5 Å². The molecule has 2 aromatic heterocycles. The van der Waals surface area contributed by atoms with Crippen LogP contribution in [0.4, 0.5) is 0 Å². The first-order valence-electron chi connectivity index (χ1n) is 6.97. The predicted molar refractivity (Wildman–Crippen MR) is 85.4 cm³/mol. The fraction of sp³-hybridized carbons (Fsp3) is 0.400. The minimum atomic E-state index is -0.214. The van der Waals surface area contributed by atoms with E-state index in [0.717, 1.165) is 40.1 Å². The molecular formula is C15H15BrN2O2S. The number of carbonyl (C=O) groups excluding carboxylic acids is 1. The van der Waals surface area contributed by atoms with Crippen LogP contribution in [0.25, 0.3) is 10.7 Å². The van der Waals surface area contributed by atoms with Gasteiger partial charge in [0.15, 0.2) is 0 Å². The van der Waals surface area contributed by atoms with E-state index in [-0.39, 0.29) is 11.9 Å². The molecule has 1 aliphatic carbocycles. The van der Waals surface area contributed by atoms with E-state index in [2.05, 4.69) is 25.9 Å². The Hall–Kier alpha value is -1.27. The smallest absolute Gasteiger partial charge is 0.315 e. The van der Waals surface area contributed by atoms with Crippen molar-refractivity contribution < 1.29 is 9.53 Å². The summed E-state index contributed by atoms with van der Waals surface area (Å²) in [5, 5.41) is 0.878. The molecule has 0 bridgehead atoms. The number of halogens is 1. The van der Waals surface area contributed by atoms with Crippen LogP contribution < -0.4 is 0 Å². The van der Waals surface area contributed by atoms with Crippen molar-refractivity contribution in [2.45, 2.75) is 32.1 Å². The van der Waals surface area contributed by atoms with E-state index in [1.807, 2.05) is 19.1 Å². The molecule has 3 rings (SSSR count). The highest BCUT2D eigenvalue weighted by atomic mass is 79.9. The van der Waals surface area contributed by atoms with Crippen LogP contribution in [0.5, 0.6) is 0 Å². The van der Waals surface area contributed by atoms with E-state index in [4.69, 9.17) is 4.74 Å². The molecule has 1 aliphatic rings. The Morgan fingerprint density at radius 3 is 3.10 bits per heavy atom. The number of carbonyl (C=O) groups is 1. The minimum Gasteiger partial charge on any atom is -0.465 e. The van der Waals surface area contributed by atoms with Crippen molar-refractivity contribution in [2.75, 3.05) is 6.61 Å². The number of pyridine rings is 1. The number of hydrogen-bond donors (Lipinski definition) is 0. The number of rotatable bonds is 3. The van der Waals surface area contributed by atoms with Crippen molar-refractivity contribution in [3.63, 3.8) is 0 Å². The van der Waals surface area contributed by atoms with Gasteiger partial charge in [-0.2, -0.15) is 0 Å². The van der Waals surface area contributed by atoms with Crippen LogP contribution in [-0.2, 0) is 16.0 Å². The highest BCUT2D eigenvalue weighted by Crippen LogP contribution is 2.38. The van der Waals surface area contributed by atoms with E-state index in [1.165, 1.54) is 4.88 Å². The van der Waals surface area contributed by atoms with Crippen molar-refractivity contribution in [3.05, 3.63) is 33.4 Å². The number of esters is 1. The monoisotopic (exact) mass is 366 g/mol. The molecule has 0 N–H and O–H groups in total. The molecule has 0 saturated carbocycles. The Morgan fingerprint density at radius 2 is 2.38 bits per heavy atom. The van der Waals surface area contributed by atoms with Gasteiger partial charge < -0.3 is 4.74 Å². The summed E-state index contributed by atoms with van der Waals surface area (Å²) in [7, 11) is 0. The summed E-state index contributed by atoms with van der Waals surface area (Å²) in [5.41, 5.74) is 1.74. The van der Waals surface area contributed by atoms with Gasteiger partial charge >= 0.3 is 5.97 Å². The number of nitrogens with zero attached hydrogens (tertiary/aromatic N) is 2. The molecule has 0 amide bonds. The molecule has 0 fully saturated rings. The lowest BCUT2D eigenvalue weighted by atomic mass is 9.91. The SMILES string of the molecule is CCOC(=O)C1CCCc2sc(-c3ccc(Br)cn3)nc21. The van der Waals surface area contributed by atoms with E-state index in [9.17, 15) is 4.79 Å². The van der Waals surface area contributed by atoms with Crippen molar-refractivity contribution in [1.29, 1.82) is 0 Å². The second-order valence-electron chi connectivity index (χ2n) is 4.89. The van der Waals surface area contributed by atoms with Gasteiger partial charge in [-0.25, -0.2) is 4.98 Å². The zero-order valence-electron chi connectivity index (χ0n) is 11.6. The largest absolute Gasteiger partial charge is 0.465 e. The molecule has 0 aliphatic heterocycles. The predicted octanol–water partition coefficient (Wildman–Crippen LogP) is 3.95. The lowest BCUT2D eigenvalue weighted by Crippen LogP contribution is -2.20. The highest BCUT2D eigenvalue weighted by molar-refractivity contribution is 9.10. The molecule has 6 heteroatoms. The first kappa shape index (κ1) is 14.7. The Labute approximate surface area is 135 Å². The van der Waals surface area contributed by atoms with Gasteiger partial charge in [-0.1, -0.05) is 0 Å². The summed E-state index contributed by atoms with van der Waals surface area (Å²) >= 11 is 5.02. The molecule has 0 radical (unpaired) electrons. The van der Waals surface area contributed by atoms with Crippen molar-refractivity contribution >= 4 is 33.2 Å². The summed E-state index contributed by atoms with van der Waals surface area (Å²) in [6, 6.07) is 3.89. The fourth-order valence-electron chi connectivity index (χ4n) is 2.50. The quantitative estimate of drug-likeness (QED) is 0.771. The van der Waals surface area contributed by atoms with Gasteiger partial charge in [0.2, 0.25) is 0 Å². The lowest BCUT2D eigenvalue weighted by molar-refractivity contribution is -0.145. The maximum Gasteiger partial charge on any atom is 0.315 e. The Kier molecular flexibility index (Phi) is 4.35. The maximum absolute atomic E-state index is 12.1. The number of hydrogen-bond acceptors (Lipinski definition) is 5. The fourth-order valence-corrected chi connectivity index (χ4v) is 3.88. The Balaban J connectivity index is 1.94. The standard InChI is InChI=1S/C15H15BrN2O2S/c1-2-20-15(19)10-4-3-5-12-13(10)18-14(21-12)11-7-6-9(16)8-17-11/h6-8,10H,2-5H2,1H3. The van der Waals surface area contributed by atoms with Gasteiger partial charge in [-0.15, -0.1) is 11.3 Å². The number of aryl methyl sites for hydroxylation is 1. The van der Waals surface area contributed by atoms with Gasteiger partial charge in [0.1, 0.15) is 10.9 Å². The highest BCUT2D eigenvalue weighted by Gasteiger charge is 2.31. The molecule has 0 saturated heterocycles. The van der Waals surface area contributed by atoms with Crippen molar-refractivity contribution in [2.24, 2.45) is 0 Å². The molecule has 4 nitrogen and oxygen atoms in total. The molecule has 0 spiro atoms.